The van der Waals surface area contributed by atoms with Crippen LogP contribution in [0.2, 0.25) is 5.15 Å². The van der Waals surface area contributed by atoms with Crippen LogP contribution < -0.4 is 0 Å². The molecule has 0 aromatic carbocycles. The van der Waals surface area contributed by atoms with E-state index in [0.29, 0.717) is 17.5 Å². The Morgan fingerprint density at radius 1 is 1.33 bits per heavy atom. The SMILES string of the molecule is Cc1nc(Cc2nc(Cl)c(I)c(C(C)C)n2)cs1. The Bertz CT molecular complexity index is 568. The number of thiazole rings is 1. The highest BCUT2D eigenvalue weighted by molar-refractivity contribution is 14.1. The van der Waals surface area contributed by atoms with Crippen molar-refractivity contribution in [2.45, 2.75) is 33.1 Å². The second-order valence-corrected chi connectivity index (χ2v) is 6.82. The fraction of sp³-hybridized carbons (Fsp3) is 0.417. The summed E-state index contributed by atoms with van der Waals surface area (Å²) in [7, 11) is 0. The van der Waals surface area contributed by atoms with Gasteiger partial charge in [-0.05, 0) is 35.4 Å². The van der Waals surface area contributed by atoms with Crippen LogP contribution in [0, 0.1) is 10.5 Å². The van der Waals surface area contributed by atoms with Crippen molar-refractivity contribution in [3.05, 3.63) is 36.3 Å². The molecule has 0 aliphatic carbocycles. The van der Waals surface area contributed by atoms with E-state index in [0.717, 1.165) is 25.8 Å². The number of hydrogen-bond acceptors (Lipinski definition) is 4. The Balaban J connectivity index is 2.34. The van der Waals surface area contributed by atoms with E-state index >= 15 is 0 Å². The zero-order valence-electron chi connectivity index (χ0n) is 10.4. The van der Waals surface area contributed by atoms with Gasteiger partial charge in [0.1, 0.15) is 11.0 Å². The van der Waals surface area contributed by atoms with Gasteiger partial charge in [0, 0.05) is 5.38 Å². The lowest BCUT2D eigenvalue weighted by Crippen LogP contribution is -2.06. The van der Waals surface area contributed by atoms with Crippen LogP contribution in [-0.2, 0) is 6.42 Å². The molecule has 2 aromatic heterocycles. The van der Waals surface area contributed by atoms with Crippen molar-refractivity contribution in [2.75, 3.05) is 0 Å². The van der Waals surface area contributed by atoms with E-state index in [-0.39, 0.29) is 0 Å². The molecule has 0 fully saturated rings. The number of aromatic nitrogens is 3. The molecule has 0 saturated heterocycles. The zero-order valence-corrected chi connectivity index (χ0v) is 14.1. The van der Waals surface area contributed by atoms with Gasteiger partial charge in [-0.2, -0.15) is 0 Å². The first-order valence-electron chi connectivity index (χ1n) is 5.60. The van der Waals surface area contributed by atoms with Gasteiger partial charge in [0.15, 0.2) is 0 Å². The second kappa shape index (κ2) is 5.79. The average Bonchev–Trinajstić information content (AvgIpc) is 2.68. The molecule has 0 radical (unpaired) electrons. The summed E-state index contributed by atoms with van der Waals surface area (Å²) in [6.07, 6.45) is 0.640. The number of nitrogens with zero attached hydrogens (tertiary/aromatic N) is 3. The summed E-state index contributed by atoms with van der Waals surface area (Å²) in [6, 6.07) is 0. The predicted molar refractivity (Wildman–Crippen MR) is 83.5 cm³/mol. The van der Waals surface area contributed by atoms with Gasteiger partial charge < -0.3 is 0 Å². The third-order valence-corrected chi connectivity index (χ3v) is 4.91. The Hall–Kier alpha value is -0.270. The van der Waals surface area contributed by atoms with E-state index in [9.17, 15) is 0 Å². The van der Waals surface area contributed by atoms with Crippen LogP contribution >= 0.6 is 45.5 Å². The molecule has 0 spiro atoms. The average molecular weight is 394 g/mol. The fourth-order valence-corrected chi connectivity index (χ4v) is 3.27. The number of aryl methyl sites for hydroxylation is 1. The number of rotatable bonds is 3. The van der Waals surface area contributed by atoms with Crippen LogP contribution in [0.5, 0.6) is 0 Å². The molecule has 0 aliphatic heterocycles. The van der Waals surface area contributed by atoms with Crippen molar-refractivity contribution in [3.8, 4) is 0 Å². The maximum atomic E-state index is 6.16. The minimum Gasteiger partial charge on any atom is -0.246 e. The molecular weight excluding hydrogens is 381 g/mol. The molecule has 0 amide bonds. The predicted octanol–water partition coefficient (Wildman–Crippen LogP) is 4.21. The maximum absolute atomic E-state index is 6.16. The van der Waals surface area contributed by atoms with Crippen molar-refractivity contribution in [1.82, 2.24) is 15.0 Å². The van der Waals surface area contributed by atoms with Crippen LogP contribution in [-0.4, -0.2) is 15.0 Å². The van der Waals surface area contributed by atoms with Crippen molar-refractivity contribution in [1.29, 1.82) is 0 Å². The van der Waals surface area contributed by atoms with Crippen molar-refractivity contribution in [2.24, 2.45) is 0 Å². The highest BCUT2D eigenvalue weighted by Gasteiger charge is 2.14. The summed E-state index contributed by atoms with van der Waals surface area (Å²) in [4.78, 5) is 13.4. The van der Waals surface area contributed by atoms with Crippen molar-refractivity contribution < 1.29 is 0 Å². The molecule has 0 atom stereocenters. The molecule has 6 heteroatoms. The smallest absolute Gasteiger partial charge is 0.146 e. The van der Waals surface area contributed by atoms with Crippen LogP contribution in [0.3, 0.4) is 0 Å². The first-order chi connectivity index (χ1) is 8.47. The molecule has 0 bridgehead atoms. The van der Waals surface area contributed by atoms with E-state index in [4.69, 9.17) is 11.6 Å². The highest BCUT2D eigenvalue weighted by Crippen LogP contribution is 2.25. The quantitative estimate of drug-likeness (QED) is 0.579. The van der Waals surface area contributed by atoms with Gasteiger partial charge >= 0.3 is 0 Å². The zero-order chi connectivity index (χ0) is 13.3. The molecule has 2 rings (SSSR count). The van der Waals surface area contributed by atoms with Crippen LogP contribution in [0.25, 0.3) is 0 Å². The number of hydrogen-bond donors (Lipinski definition) is 0. The molecule has 0 unspecified atom stereocenters. The van der Waals surface area contributed by atoms with Gasteiger partial charge in [-0.1, -0.05) is 25.4 Å². The first-order valence-corrected chi connectivity index (χ1v) is 7.93. The summed E-state index contributed by atoms with van der Waals surface area (Å²) < 4.78 is 0.947. The van der Waals surface area contributed by atoms with Gasteiger partial charge in [-0.25, -0.2) is 15.0 Å². The normalized spacial score (nSPS) is 11.2. The summed E-state index contributed by atoms with van der Waals surface area (Å²) in [5.74, 6) is 1.09. The number of halogens is 2. The van der Waals surface area contributed by atoms with Crippen LogP contribution in [0.1, 0.15) is 42.0 Å². The highest BCUT2D eigenvalue weighted by atomic mass is 127. The van der Waals surface area contributed by atoms with Crippen LogP contribution in [0.4, 0.5) is 0 Å². The molecule has 0 N–H and O–H groups in total. The van der Waals surface area contributed by atoms with Crippen molar-refractivity contribution >= 4 is 45.5 Å². The summed E-state index contributed by atoms with van der Waals surface area (Å²) in [6.45, 7) is 6.21. The molecule has 3 nitrogen and oxygen atoms in total. The lowest BCUT2D eigenvalue weighted by molar-refractivity contribution is 0.780. The Morgan fingerprint density at radius 3 is 2.61 bits per heavy atom. The second-order valence-electron chi connectivity index (χ2n) is 4.32. The van der Waals surface area contributed by atoms with E-state index in [2.05, 4.69) is 51.4 Å². The van der Waals surface area contributed by atoms with Crippen LogP contribution in [0.15, 0.2) is 5.38 Å². The Labute approximate surface area is 129 Å². The van der Waals surface area contributed by atoms with Gasteiger partial charge in [0.25, 0.3) is 0 Å². The molecular formula is C12H13ClIN3S. The first kappa shape index (κ1) is 14.1. The van der Waals surface area contributed by atoms with E-state index < -0.39 is 0 Å². The largest absolute Gasteiger partial charge is 0.246 e. The van der Waals surface area contributed by atoms with Gasteiger partial charge in [0.05, 0.1) is 26.4 Å². The lowest BCUT2D eigenvalue weighted by atomic mass is 10.1. The molecule has 96 valence electrons. The summed E-state index contributed by atoms with van der Waals surface area (Å²) >= 11 is 10.00. The molecule has 2 aromatic rings. The fourth-order valence-electron chi connectivity index (χ4n) is 1.59. The van der Waals surface area contributed by atoms with Crippen molar-refractivity contribution in [3.63, 3.8) is 0 Å². The Kier molecular flexibility index (Phi) is 4.55. The topological polar surface area (TPSA) is 38.7 Å². The van der Waals surface area contributed by atoms with Gasteiger partial charge in [-0.15, -0.1) is 11.3 Å². The maximum Gasteiger partial charge on any atom is 0.146 e. The van der Waals surface area contributed by atoms with Gasteiger partial charge in [0.2, 0.25) is 0 Å². The standard InChI is InChI=1S/C12H13ClIN3S/c1-6(2)11-10(14)12(13)17-9(16-11)4-8-5-18-7(3)15-8/h5-6H,4H2,1-3H3. The molecule has 2 heterocycles. The molecule has 18 heavy (non-hydrogen) atoms. The summed E-state index contributed by atoms with van der Waals surface area (Å²) in [5.41, 5.74) is 2.02. The minimum absolute atomic E-state index is 0.341. The van der Waals surface area contributed by atoms with E-state index in [1.807, 2.05) is 12.3 Å². The minimum atomic E-state index is 0.341. The lowest BCUT2D eigenvalue weighted by Gasteiger charge is -2.10. The molecule has 0 saturated carbocycles. The molecule has 0 aliphatic rings. The van der Waals surface area contributed by atoms with E-state index in [1.54, 1.807) is 11.3 Å². The monoisotopic (exact) mass is 393 g/mol. The third kappa shape index (κ3) is 3.19. The Morgan fingerprint density at radius 2 is 2.06 bits per heavy atom. The third-order valence-electron chi connectivity index (χ3n) is 2.44. The summed E-state index contributed by atoms with van der Waals surface area (Å²) in [5, 5.41) is 3.64. The van der Waals surface area contributed by atoms with Gasteiger partial charge in [-0.3, -0.25) is 0 Å². The van der Waals surface area contributed by atoms with E-state index in [1.165, 1.54) is 0 Å².